The Labute approximate surface area is 123 Å². The number of aryl methyl sites for hydroxylation is 2. The van der Waals surface area contributed by atoms with E-state index in [4.69, 9.17) is 0 Å². The van der Waals surface area contributed by atoms with E-state index in [0.29, 0.717) is 0 Å². The summed E-state index contributed by atoms with van der Waals surface area (Å²) in [6.45, 7) is 1.85. The Kier molecular flexibility index (Phi) is 3.22. The van der Waals surface area contributed by atoms with Gasteiger partial charge in [-0.15, -0.1) is 0 Å². The minimum atomic E-state index is 0.0451. The molecule has 0 unspecified atom stereocenters. The molecule has 0 aliphatic carbocycles. The molecule has 0 fully saturated rings. The zero-order valence-electron chi connectivity index (χ0n) is 12.4. The average Bonchev–Trinajstić information content (AvgIpc) is 2.52. The fraction of sp³-hybridized carbons (Fsp3) is 0.176. The van der Waals surface area contributed by atoms with Crippen LogP contribution in [0.15, 0.2) is 53.6 Å². The zero-order valence-corrected chi connectivity index (χ0v) is 12.4. The van der Waals surface area contributed by atoms with Gasteiger partial charge in [0.1, 0.15) is 0 Å². The van der Waals surface area contributed by atoms with Gasteiger partial charge in [0, 0.05) is 31.2 Å². The monoisotopic (exact) mass is 279 g/mol. The standard InChI is InChI=1S/C17H17N3O/c1-12-10-14-15(19(2)13-6-5-9-18-11-13)7-4-8-16(14)20(3)17(12)21/h4-11H,1-3H3. The zero-order chi connectivity index (χ0) is 15.0. The van der Waals surface area contributed by atoms with Gasteiger partial charge in [0.15, 0.2) is 0 Å². The molecule has 0 bridgehead atoms. The molecule has 0 N–H and O–H groups in total. The van der Waals surface area contributed by atoms with Crippen molar-refractivity contribution in [3.05, 3.63) is 64.7 Å². The van der Waals surface area contributed by atoms with Gasteiger partial charge in [-0.2, -0.15) is 0 Å². The number of aromatic nitrogens is 2. The van der Waals surface area contributed by atoms with E-state index in [-0.39, 0.29) is 5.56 Å². The lowest BCUT2D eigenvalue weighted by Crippen LogP contribution is -2.20. The largest absolute Gasteiger partial charge is 0.343 e. The number of anilines is 2. The summed E-state index contributed by atoms with van der Waals surface area (Å²) in [5.41, 5.74) is 3.79. The third-order valence-corrected chi connectivity index (χ3v) is 3.82. The van der Waals surface area contributed by atoms with Gasteiger partial charge in [-0.05, 0) is 37.3 Å². The van der Waals surface area contributed by atoms with Crippen LogP contribution >= 0.6 is 0 Å². The highest BCUT2D eigenvalue weighted by molar-refractivity contribution is 5.94. The normalized spacial score (nSPS) is 10.8. The molecule has 0 amide bonds. The molecule has 3 rings (SSSR count). The molecular weight excluding hydrogens is 262 g/mol. The van der Waals surface area contributed by atoms with Crippen LogP contribution in [0.4, 0.5) is 11.4 Å². The topological polar surface area (TPSA) is 38.1 Å². The summed E-state index contributed by atoms with van der Waals surface area (Å²) in [5.74, 6) is 0. The Hall–Kier alpha value is -2.62. The van der Waals surface area contributed by atoms with E-state index >= 15 is 0 Å². The SMILES string of the molecule is Cc1cc2c(N(C)c3cccnc3)cccc2n(C)c1=O. The van der Waals surface area contributed by atoms with E-state index < -0.39 is 0 Å². The van der Waals surface area contributed by atoms with Gasteiger partial charge in [0.25, 0.3) is 5.56 Å². The molecule has 21 heavy (non-hydrogen) atoms. The van der Waals surface area contributed by atoms with Crippen molar-refractivity contribution in [1.29, 1.82) is 0 Å². The Morgan fingerprint density at radius 3 is 2.71 bits per heavy atom. The van der Waals surface area contributed by atoms with Crippen molar-refractivity contribution in [1.82, 2.24) is 9.55 Å². The smallest absolute Gasteiger partial charge is 0.253 e. The van der Waals surface area contributed by atoms with Crippen LogP contribution in [0.3, 0.4) is 0 Å². The number of fused-ring (bicyclic) bond motifs is 1. The average molecular weight is 279 g/mol. The predicted octanol–water partition coefficient (Wildman–Crippen LogP) is 3.01. The van der Waals surface area contributed by atoms with Gasteiger partial charge in [-0.1, -0.05) is 6.07 Å². The maximum absolute atomic E-state index is 12.1. The Morgan fingerprint density at radius 2 is 2.00 bits per heavy atom. The van der Waals surface area contributed by atoms with Crippen molar-refractivity contribution in [2.75, 3.05) is 11.9 Å². The lowest BCUT2D eigenvalue weighted by atomic mass is 10.1. The van der Waals surface area contributed by atoms with E-state index in [9.17, 15) is 4.79 Å². The Balaban J connectivity index is 2.27. The fourth-order valence-electron chi connectivity index (χ4n) is 2.62. The number of nitrogens with zero attached hydrogens (tertiary/aromatic N) is 3. The molecule has 0 atom stereocenters. The summed E-state index contributed by atoms with van der Waals surface area (Å²) in [6, 6.07) is 11.9. The first-order valence-corrected chi connectivity index (χ1v) is 6.82. The van der Waals surface area contributed by atoms with Crippen LogP contribution in [0.2, 0.25) is 0 Å². The van der Waals surface area contributed by atoms with Crippen LogP contribution in [0.25, 0.3) is 10.9 Å². The Morgan fingerprint density at radius 1 is 1.19 bits per heavy atom. The minimum Gasteiger partial charge on any atom is -0.343 e. The van der Waals surface area contributed by atoms with Crippen LogP contribution in [-0.4, -0.2) is 16.6 Å². The van der Waals surface area contributed by atoms with Gasteiger partial charge in [-0.25, -0.2) is 0 Å². The second kappa shape index (κ2) is 5.05. The molecule has 4 heteroatoms. The third kappa shape index (κ3) is 2.18. The summed E-state index contributed by atoms with van der Waals surface area (Å²) in [5, 5.41) is 1.06. The van der Waals surface area contributed by atoms with Crippen LogP contribution in [0, 0.1) is 6.92 Å². The second-order valence-electron chi connectivity index (χ2n) is 5.17. The predicted molar refractivity (Wildman–Crippen MR) is 86.2 cm³/mol. The highest BCUT2D eigenvalue weighted by Gasteiger charge is 2.11. The number of pyridine rings is 2. The lowest BCUT2D eigenvalue weighted by Gasteiger charge is -2.21. The van der Waals surface area contributed by atoms with Gasteiger partial charge in [0.2, 0.25) is 0 Å². The van der Waals surface area contributed by atoms with E-state index in [1.54, 1.807) is 10.8 Å². The molecule has 3 aromatic rings. The first-order valence-electron chi connectivity index (χ1n) is 6.82. The summed E-state index contributed by atoms with van der Waals surface area (Å²) in [4.78, 5) is 18.3. The summed E-state index contributed by atoms with van der Waals surface area (Å²) in [7, 11) is 3.82. The highest BCUT2D eigenvalue weighted by atomic mass is 16.1. The molecule has 0 spiro atoms. The molecule has 0 aliphatic heterocycles. The molecule has 0 saturated carbocycles. The van der Waals surface area contributed by atoms with Crippen molar-refractivity contribution in [2.45, 2.75) is 6.92 Å². The summed E-state index contributed by atoms with van der Waals surface area (Å²) >= 11 is 0. The van der Waals surface area contributed by atoms with Crippen LogP contribution in [0.1, 0.15) is 5.56 Å². The minimum absolute atomic E-state index is 0.0451. The Bertz CT molecular complexity index is 853. The molecule has 2 aromatic heterocycles. The lowest BCUT2D eigenvalue weighted by molar-refractivity contribution is 0.893. The first-order chi connectivity index (χ1) is 10.1. The summed E-state index contributed by atoms with van der Waals surface area (Å²) < 4.78 is 1.70. The summed E-state index contributed by atoms with van der Waals surface area (Å²) in [6.07, 6.45) is 3.59. The van der Waals surface area contributed by atoms with E-state index in [1.807, 2.05) is 57.5 Å². The van der Waals surface area contributed by atoms with E-state index in [1.165, 1.54) is 0 Å². The van der Waals surface area contributed by atoms with Crippen molar-refractivity contribution in [3.8, 4) is 0 Å². The van der Waals surface area contributed by atoms with Crippen molar-refractivity contribution in [2.24, 2.45) is 7.05 Å². The number of hydrogen-bond donors (Lipinski definition) is 0. The van der Waals surface area contributed by atoms with E-state index in [0.717, 1.165) is 27.8 Å². The van der Waals surface area contributed by atoms with Gasteiger partial charge in [-0.3, -0.25) is 9.78 Å². The van der Waals surface area contributed by atoms with Gasteiger partial charge in [0.05, 0.1) is 23.1 Å². The number of hydrogen-bond acceptors (Lipinski definition) is 3. The van der Waals surface area contributed by atoms with Crippen molar-refractivity contribution < 1.29 is 0 Å². The fourth-order valence-corrected chi connectivity index (χ4v) is 2.62. The molecule has 2 heterocycles. The molecule has 0 radical (unpaired) electrons. The molecule has 0 aliphatic rings. The molecule has 0 saturated heterocycles. The second-order valence-corrected chi connectivity index (χ2v) is 5.17. The molecule has 106 valence electrons. The molecular formula is C17H17N3O. The van der Waals surface area contributed by atoms with E-state index in [2.05, 4.69) is 16.0 Å². The third-order valence-electron chi connectivity index (χ3n) is 3.82. The maximum atomic E-state index is 12.1. The van der Waals surface area contributed by atoms with Gasteiger partial charge < -0.3 is 9.47 Å². The van der Waals surface area contributed by atoms with Crippen molar-refractivity contribution in [3.63, 3.8) is 0 Å². The molecule has 1 aromatic carbocycles. The van der Waals surface area contributed by atoms with Crippen LogP contribution < -0.4 is 10.5 Å². The first kappa shape index (κ1) is 13.4. The van der Waals surface area contributed by atoms with Crippen LogP contribution in [-0.2, 0) is 7.05 Å². The molecule has 4 nitrogen and oxygen atoms in total. The highest BCUT2D eigenvalue weighted by Crippen LogP contribution is 2.30. The van der Waals surface area contributed by atoms with Gasteiger partial charge >= 0.3 is 0 Å². The number of rotatable bonds is 2. The number of benzene rings is 1. The maximum Gasteiger partial charge on any atom is 0.253 e. The van der Waals surface area contributed by atoms with Crippen LogP contribution in [0.5, 0.6) is 0 Å². The quantitative estimate of drug-likeness (QED) is 0.723. The van der Waals surface area contributed by atoms with Crippen molar-refractivity contribution >= 4 is 22.3 Å².